The summed E-state index contributed by atoms with van der Waals surface area (Å²) in [5, 5.41) is 2.72. The van der Waals surface area contributed by atoms with Crippen molar-refractivity contribution in [2.24, 2.45) is 0 Å². The van der Waals surface area contributed by atoms with Gasteiger partial charge in [-0.15, -0.1) is 0 Å². The minimum atomic E-state index is -0.486. The van der Waals surface area contributed by atoms with Gasteiger partial charge < -0.3 is 15.0 Å². The van der Waals surface area contributed by atoms with Crippen molar-refractivity contribution in [1.82, 2.24) is 10.2 Å². The molecule has 0 aromatic heterocycles. The molecule has 0 bridgehead atoms. The van der Waals surface area contributed by atoms with Crippen LogP contribution in [-0.4, -0.2) is 43.0 Å². The molecule has 0 saturated carbocycles. The van der Waals surface area contributed by atoms with Crippen molar-refractivity contribution in [3.8, 4) is 5.75 Å². The largest absolute Gasteiger partial charge is 0.481 e. The highest BCUT2D eigenvalue weighted by molar-refractivity contribution is 5.77. The number of likely N-dealkylation sites (tertiary alicyclic amines) is 1. The molecule has 1 aromatic carbocycles. The second-order valence-electron chi connectivity index (χ2n) is 5.61. The van der Waals surface area contributed by atoms with Crippen LogP contribution in [0.4, 0.5) is 4.39 Å². The van der Waals surface area contributed by atoms with Crippen LogP contribution < -0.4 is 10.1 Å². The highest BCUT2D eigenvalue weighted by Crippen LogP contribution is 2.15. The molecule has 1 aromatic rings. The molecule has 23 heavy (non-hydrogen) atoms. The van der Waals surface area contributed by atoms with E-state index in [2.05, 4.69) is 5.32 Å². The van der Waals surface area contributed by atoms with Gasteiger partial charge in [0.05, 0.1) is 0 Å². The van der Waals surface area contributed by atoms with Crippen molar-refractivity contribution in [3.63, 3.8) is 0 Å². The van der Waals surface area contributed by atoms with Gasteiger partial charge in [-0.05, 0) is 31.4 Å². The molecule has 1 heterocycles. The van der Waals surface area contributed by atoms with Gasteiger partial charge in [0.2, 0.25) is 5.91 Å². The van der Waals surface area contributed by atoms with Crippen LogP contribution in [0.3, 0.4) is 0 Å². The average Bonchev–Trinajstić information content (AvgIpc) is 2.75. The van der Waals surface area contributed by atoms with E-state index in [4.69, 9.17) is 4.74 Å². The summed E-state index contributed by atoms with van der Waals surface area (Å²) in [4.78, 5) is 25.3. The summed E-state index contributed by atoms with van der Waals surface area (Å²) in [5.41, 5.74) is 0. The zero-order valence-corrected chi connectivity index (χ0v) is 13.2. The standard InChI is InChI=1S/C17H23FN2O3/c18-14-7-3-4-8-15(14)23-13-16(21)19-10-6-12-20-11-5-1-2-9-17(20)22/h3-4,7-8H,1-2,5-6,9-13H2,(H,19,21). The molecule has 6 heteroatoms. The van der Waals surface area contributed by atoms with Crippen LogP contribution in [0.1, 0.15) is 32.1 Å². The van der Waals surface area contributed by atoms with E-state index >= 15 is 0 Å². The molecule has 0 radical (unpaired) electrons. The Balaban J connectivity index is 1.61. The Bertz CT molecular complexity index is 536. The van der Waals surface area contributed by atoms with Crippen LogP contribution >= 0.6 is 0 Å². The number of nitrogens with zero attached hydrogens (tertiary/aromatic N) is 1. The van der Waals surface area contributed by atoms with E-state index in [1.54, 1.807) is 12.1 Å². The third-order valence-electron chi connectivity index (χ3n) is 3.79. The number of halogens is 1. The Morgan fingerprint density at radius 2 is 2.09 bits per heavy atom. The lowest BCUT2D eigenvalue weighted by Gasteiger charge is -2.20. The van der Waals surface area contributed by atoms with Gasteiger partial charge in [0.1, 0.15) is 0 Å². The van der Waals surface area contributed by atoms with E-state index < -0.39 is 5.82 Å². The minimum Gasteiger partial charge on any atom is -0.481 e. The predicted octanol–water partition coefficient (Wildman–Crippen LogP) is 2.11. The van der Waals surface area contributed by atoms with Crippen LogP contribution in [0, 0.1) is 5.82 Å². The predicted molar refractivity (Wildman–Crippen MR) is 84.6 cm³/mol. The summed E-state index contributed by atoms with van der Waals surface area (Å²) in [6, 6.07) is 5.97. The fourth-order valence-corrected chi connectivity index (χ4v) is 2.53. The number of para-hydroxylation sites is 1. The molecule has 1 aliphatic heterocycles. The second kappa shape index (κ2) is 9.12. The van der Waals surface area contributed by atoms with E-state index in [1.165, 1.54) is 12.1 Å². The third kappa shape index (κ3) is 5.88. The van der Waals surface area contributed by atoms with Gasteiger partial charge in [-0.2, -0.15) is 0 Å². The fourth-order valence-electron chi connectivity index (χ4n) is 2.53. The number of carbonyl (C=O) groups excluding carboxylic acids is 2. The Labute approximate surface area is 135 Å². The molecule has 0 unspecified atom stereocenters. The molecule has 0 spiro atoms. The number of benzene rings is 1. The summed E-state index contributed by atoms with van der Waals surface area (Å²) in [5.74, 6) is -0.509. The molecule has 2 amide bonds. The zero-order chi connectivity index (χ0) is 16.5. The molecule has 1 N–H and O–H groups in total. The summed E-state index contributed by atoms with van der Waals surface area (Å²) in [6.07, 6.45) is 4.46. The van der Waals surface area contributed by atoms with E-state index in [0.29, 0.717) is 25.9 Å². The fraction of sp³-hybridized carbons (Fsp3) is 0.529. The number of ether oxygens (including phenoxy) is 1. The van der Waals surface area contributed by atoms with Crippen molar-refractivity contribution >= 4 is 11.8 Å². The molecule has 126 valence electrons. The lowest BCUT2D eigenvalue weighted by molar-refractivity contribution is -0.130. The summed E-state index contributed by atoms with van der Waals surface area (Å²) in [6.45, 7) is 1.73. The highest BCUT2D eigenvalue weighted by atomic mass is 19.1. The van der Waals surface area contributed by atoms with Crippen molar-refractivity contribution in [2.45, 2.75) is 32.1 Å². The summed E-state index contributed by atoms with van der Waals surface area (Å²) >= 11 is 0. The molecule has 5 nitrogen and oxygen atoms in total. The summed E-state index contributed by atoms with van der Waals surface area (Å²) in [7, 11) is 0. The van der Waals surface area contributed by atoms with Gasteiger partial charge in [0.15, 0.2) is 18.2 Å². The monoisotopic (exact) mass is 322 g/mol. The van der Waals surface area contributed by atoms with Gasteiger partial charge in [0.25, 0.3) is 5.91 Å². The van der Waals surface area contributed by atoms with E-state index in [-0.39, 0.29) is 24.2 Å². The normalized spacial score (nSPS) is 15.2. The number of hydrogen-bond donors (Lipinski definition) is 1. The first-order valence-electron chi connectivity index (χ1n) is 8.08. The number of carbonyl (C=O) groups is 2. The van der Waals surface area contributed by atoms with Gasteiger partial charge in [-0.3, -0.25) is 9.59 Å². The highest BCUT2D eigenvalue weighted by Gasteiger charge is 2.15. The molecule has 2 rings (SSSR count). The SMILES string of the molecule is O=C(COc1ccccc1F)NCCCN1CCCCCC1=O. The second-order valence-corrected chi connectivity index (χ2v) is 5.61. The molecule has 0 aliphatic carbocycles. The average molecular weight is 322 g/mol. The number of hydrogen-bond acceptors (Lipinski definition) is 3. The Kier molecular flexibility index (Phi) is 6.84. The van der Waals surface area contributed by atoms with Crippen molar-refractivity contribution in [3.05, 3.63) is 30.1 Å². The van der Waals surface area contributed by atoms with Crippen LogP contribution in [0.5, 0.6) is 5.75 Å². The van der Waals surface area contributed by atoms with Gasteiger partial charge in [0, 0.05) is 26.1 Å². The minimum absolute atomic E-state index is 0.0674. The first kappa shape index (κ1) is 17.2. The Morgan fingerprint density at radius 3 is 2.91 bits per heavy atom. The maximum absolute atomic E-state index is 13.3. The van der Waals surface area contributed by atoms with Crippen LogP contribution in [0.15, 0.2) is 24.3 Å². The van der Waals surface area contributed by atoms with E-state index in [1.807, 2.05) is 4.90 Å². The van der Waals surface area contributed by atoms with E-state index in [9.17, 15) is 14.0 Å². The number of rotatable bonds is 7. The quantitative estimate of drug-likeness (QED) is 0.782. The van der Waals surface area contributed by atoms with Gasteiger partial charge in [-0.25, -0.2) is 4.39 Å². The van der Waals surface area contributed by atoms with Crippen molar-refractivity contribution < 1.29 is 18.7 Å². The zero-order valence-electron chi connectivity index (χ0n) is 13.2. The maximum Gasteiger partial charge on any atom is 0.257 e. The Morgan fingerprint density at radius 1 is 1.26 bits per heavy atom. The molecule has 1 saturated heterocycles. The third-order valence-corrected chi connectivity index (χ3v) is 3.79. The first-order chi connectivity index (χ1) is 11.2. The topological polar surface area (TPSA) is 58.6 Å². The van der Waals surface area contributed by atoms with Crippen molar-refractivity contribution in [2.75, 3.05) is 26.2 Å². The van der Waals surface area contributed by atoms with Crippen LogP contribution in [-0.2, 0) is 9.59 Å². The lowest BCUT2D eigenvalue weighted by atomic mass is 10.2. The number of nitrogens with one attached hydrogen (secondary N) is 1. The van der Waals surface area contributed by atoms with Crippen LogP contribution in [0.25, 0.3) is 0 Å². The van der Waals surface area contributed by atoms with Gasteiger partial charge >= 0.3 is 0 Å². The van der Waals surface area contributed by atoms with Gasteiger partial charge in [-0.1, -0.05) is 18.6 Å². The summed E-state index contributed by atoms with van der Waals surface area (Å²) < 4.78 is 18.5. The molecule has 1 aliphatic rings. The maximum atomic E-state index is 13.3. The Hall–Kier alpha value is -2.11. The smallest absolute Gasteiger partial charge is 0.257 e. The molecular weight excluding hydrogens is 299 g/mol. The van der Waals surface area contributed by atoms with E-state index in [0.717, 1.165) is 25.8 Å². The first-order valence-corrected chi connectivity index (χ1v) is 8.08. The van der Waals surface area contributed by atoms with Crippen molar-refractivity contribution in [1.29, 1.82) is 0 Å². The lowest BCUT2D eigenvalue weighted by Crippen LogP contribution is -2.35. The molecular formula is C17H23FN2O3. The molecule has 0 atom stereocenters. The number of amides is 2. The van der Waals surface area contributed by atoms with Crippen LogP contribution in [0.2, 0.25) is 0 Å². The molecule has 1 fully saturated rings.